The first-order chi connectivity index (χ1) is 17.5. The van der Waals surface area contributed by atoms with Crippen LogP contribution in [0.25, 0.3) is 11.6 Å². The first-order valence-electron chi connectivity index (χ1n) is 11.8. The second kappa shape index (κ2) is 14.7. The van der Waals surface area contributed by atoms with E-state index in [-0.39, 0.29) is 17.6 Å². The number of rotatable bonds is 13. The first-order valence-corrected chi connectivity index (χ1v) is 12.3. The lowest BCUT2D eigenvalue weighted by Gasteiger charge is -2.10. The van der Waals surface area contributed by atoms with Gasteiger partial charge in [0.05, 0.1) is 6.61 Å². The molecule has 0 aliphatic rings. The molecule has 7 heteroatoms. The maximum Gasteiger partial charge on any atom is 0.251 e. The molecular formula is C29H29FN2O3S. The van der Waals surface area contributed by atoms with Crippen LogP contribution in [0, 0.1) is 5.82 Å². The van der Waals surface area contributed by atoms with E-state index in [2.05, 4.69) is 10.8 Å². The van der Waals surface area contributed by atoms with Crippen LogP contribution in [0.4, 0.5) is 4.39 Å². The van der Waals surface area contributed by atoms with Gasteiger partial charge in [-0.05, 0) is 53.3 Å². The molecule has 2 N–H and O–H groups in total. The van der Waals surface area contributed by atoms with Crippen LogP contribution in [0.1, 0.15) is 47.9 Å². The molecule has 2 amide bonds. The van der Waals surface area contributed by atoms with Gasteiger partial charge < -0.3 is 5.32 Å². The fourth-order valence-electron chi connectivity index (χ4n) is 3.46. The molecule has 3 rings (SSSR count). The number of carbonyl (C=O) groups is 2. The van der Waals surface area contributed by atoms with Gasteiger partial charge in [0.1, 0.15) is 5.82 Å². The average Bonchev–Trinajstić information content (AvgIpc) is 2.90. The zero-order valence-electron chi connectivity index (χ0n) is 19.9. The number of hydrogen-bond donors (Lipinski definition) is 2. The molecule has 186 valence electrons. The van der Waals surface area contributed by atoms with Crippen LogP contribution in [0.5, 0.6) is 0 Å². The van der Waals surface area contributed by atoms with Crippen molar-refractivity contribution < 1.29 is 18.8 Å². The Morgan fingerprint density at radius 2 is 1.56 bits per heavy atom. The lowest BCUT2D eigenvalue weighted by atomic mass is 10.0. The summed E-state index contributed by atoms with van der Waals surface area (Å²) < 4.78 is 13.4. The van der Waals surface area contributed by atoms with Crippen LogP contribution in [0.3, 0.4) is 0 Å². The van der Waals surface area contributed by atoms with E-state index in [1.807, 2.05) is 54.6 Å². The van der Waals surface area contributed by atoms with E-state index in [4.69, 9.17) is 17.1 Å². The third-order valence-corrected chi connectivity index (χ3v) is 5.69. The highest BCUT2D eigenvalue weighted by Gasteiger charge is 2.12. The molecule has 5 nitrogen and oxygen atoms in total. The Kier molecular flexibility index (Phi) is 11.0. The molecule has 0 unspecified atom stereocenters. The maximum atomic E-state index is 13.4. The van der Waals surface area contributed by atoms with E-state index in [1.165, 1.54) is 12.1 Å². The number of hydroxylamine groups is 1. The average molecular weight is 505 g/mol. The molecule has 0 bridgehead atoms. The van der Waals surface area contributed by atoms with E-state index < -0.39 is 0 Å². The van der Waals surface area contributed by atoms with Gasteiger partial charge in [0, 0.05) is 23.9 Å². The molecule has 0 atom stereocenters. The maximum absolute atomic E-state index is 13.4. The van der Waals surface area contributed by atoms with Crippen LogP contribution >= 0.6 is 12.2 Å². The molecule has 0 aromatic heterocycles. The molecule has 3 aromatic rings. The Morgan fingerprint density at radius 1 is 0.861 bits per heavy atom. The minimum atomic E-state index is -0.363. The summed E-state index contributed by atoms with van der Waals surface area (Å²) in [4.78, 5) is 30.1. The Morgan fingerprint density at radius 3 is 2.25 bits per heavy atom. The van der Waals surface area contributed by atoms with Gasteiger partial charge in [-0.1, -0.05) is 85.4 Å². The van der Waals surface area contributed by atoms with Gasteiger partial charge in [0.2, 0.25) is 5.91 Å². The van der Waals surface area contributed by atoms with Crippen LogP contribution in [-0.2, 0) is 21.0 Å². The van der Waals surface area contributed by atoms with Crippen LogP contribution < -0.4 is 10.8 Å². The fraction of sp³-hybridized carbons (Fsp3) is 0.207. The number of unbranched alkanes of at least 4 members (excludes halogenated alkanes) is 2. The van der Waals surface area contributed by atoms with Crippen molar-refractivity contribution in [3.05, 3.63) is 107 Å². The van der Waals surface area contributed by atoms with Crippen molar-refractivity contribution in [2.75, 3.05) is 6.54 Å². The molecule has 0 saturated carbocycles. The van der Waals surface area contributed by atoms with Gasteiger partial charge >= 0.3 is 0 Å². The number of nitrogens with one attached hydrogen (secondary N) is 2. The summed E-state index contributed by atoms with van der Waals surface area (Å²) >= 11 is 4.94. The number of hydrogen-bond acceptors (Lipinski definition) is 4. The van der Waals surface area contributed by atoms with Crippen molar-refractivity contribution in [1.29, 1.82) is 0 Å². The van der Waals surface area contributed by atoms with Crippen molar-refractivity contribution >= 4 is 41.0 Å². The number of benzene rings is 3. The lowest BCUT2D eigenvalue weighted by molar-refractivity contribution is -0.134. The summed E-state index contributed by atoms with van der Waals surface area (Å²) in [7, 11) is 0. The Bertz CT molecular complexity index is 1160. The van der Waals surface area contributed by atoms with E-state index in [0.29, 0.717) is 37.1 Å². The summed E-state index contributed by atoms with van der Waals surface area (Å²) in [5.74, 6) is -0.776. The van der Waals surface area contributed by atoms with Gasteiger partial charge in [-0.3, -0.25) is 14.4 Å². The van der Waals surface area contributed by atoms with Gasteiger partial charge in [-0.15, -0.1) is 0 Å². The summed E-state index contributed by atoms with van der Waals surface area (Å²) in [6, 6.07) is 23.0. The summed E-state index contributed by atoms with van der Waals surface area (Å²) in [5, 5.41) is 4.52. The number of thiocarbonyl (C=S) groups is 1. The molecule has 0 aliphatic heterocycles. The van der Waals surface area contributed by atoms with E-state index >= 15 is 0 Å². The van der Waals surface area contributed by atoms with Crippen molar-refractivity contribution in [2.45, 2.75) is 32.3 Å². The van der Waals surface area contributed by atoms with E-state index in [9.17, 15) is 14.0 Å². The Labute approximate surface area is 216 Å². The smallest absolute Gasteiger partial charge is 0.251 e. The molecule has 0 heterocycles. The van der Waals surface area contributed by atoms with Crippen LogP contribution in [0.2, 0.25) is 0 Å². The third kappa shape index (κ3) is 9.17. The molecule has 3 aromatic carbocycles. The SMILES string of the molecule is O=C(CCCCCNC(=O)/C(=C\c1ccc(C=S)cc1)c1ccc(F)cc1)NOCc1ccccc1. The van der Waals surface area contributed by atoms with Gasteiger partial charge in [0.15, 0.2) is 0 Å². The largest absolute Gasteiger partial charge is 0.352 e. The molecule has 36 heavy (non-hydrogen) atoms. The monoisotopic (exact) mass is 504 g/mol. The first kappa shape index (κ1) is 26.9. The topological polar surface area (TPSA) is 67.4 Å². The quantitative estimate of drug-likeness (QED) is 0.104. The van der Waals surface area contributed by atoms with Crippen molar-refractivity contribution in [3.63, 3.8) is 0 Å². The van der Waals surface area contributed by atoms with Gasteiger partial charge in [-0.2, -0.15) is 0 Å². The minimum Gasteiger partial charge on any atom is -0.352 e. The summed E-state index contributed by atoms with van der Waals surface area (Å²) in [6.07, 6.45) is 4.31. The number of amides is 2. The molecule has 0 fully saturated rings. The predicted octanol–water partition coefficient (Wildman–Crippen LogP) is 5.64. The van der Waals surface area contributed by atoms with Crippen molar-refractivity contribution in [1.82, 2.24) is 10.8 Å². The summed E-state index contributed by atoms with van der Waals surface area (Å²) in [5.41, 5.74) is 6.25. The highest BCUT2D eigenvalue weighted by atomic mass is 32.1. The highest BCUT2D eigenvalue weighted by molar-refractivity contribution is 7.79. The minimum absolute atomic E-state index is 0.170. The molecule has 0 saturated heterocycles. The Hall–Kier alpha value is -3.68. The summed E-state index contributed by atoms with van der Waals surface area (Å²) in [6.45, 7) is 0.784. The highest BCUT2D eigenvalue weighted by Crippen LogP contribution is 2.20. The van der Waals surface area contributed by atoms with E-state index in [0.717, 1.165) is 29.5 Å². The van der Waals surface area contributed by atoms with Gasteiger partial charge in [0.25, 0.3) is 5.91 Å². The standard InChI is InChI=1S/C29H29FN2O3S/c30-26-16-14-25(15-17-26)27(19-22-10-12-24(21-36)13-11-22)29(34)31-18-6-2-5-9-28(33)32-35-20-23-7-3-1-4-8-23/h1,3-4,7-8,10-17,19,21H,2,5-6,9,18,20H2,(H,31,34)(H,32,33)/b27-19-. The fourth-order valence-corrected chi connectivity index (χ4v) is 3.61. The molecular weight excluding hydrogens is 475 g/mol. The lowest BCUT2D eigenvalue weighted by Crippen LogP contribution is -2.25. The molecule has 0 radical (unpaired) electrons. The predicted molar refractivity (Wildman–Crippen MR) is 144 cm³/mol. The number of carbonyl (C=O) groups excluding carboxylic acids is 2. The third-order valence-electron chi connectivity index (χ3n) is 5.42. The molecule has 0 aliphatic carbocycles. The van der Waals surface area contributed by atoms with E-state index in [1.54, 1.807) is 23.6 Å². The Balaban J connectivity index is 1.43. The van der Waals surface area contributed by atoms with Crippen molar-refractivity contribution in [3.8, 4) is 0 Å². The zero-order chi connectivity index (χ0) is 25.6. The van der Waals surface area contributed by atoms with Crippen LogP contribution in [0.15, 0.2) is 78.9 Å². The number of halogens is 1. The second-order valence-electron chi connectivity index (χ2n) is 8.22. The van der Waals surface area contributed by atoms with Crippen LogP contribution in [-0.4, -0.2) is 23.7 Å². The van der Waals surface area contributed by atoms with Crippen molar-refractivity contribution in [2.24, 2.45) is 0 Å². The zero-order valence-corrected chi connectivity index (χ0v) is 20.7. The van der Waals surface area contributed by atoms with Gasteiger partial charge in [-0.25, -0.2) is 9.87 Å². The second-order valence-corrected chi connectivity index (χ2v) is 8.45. The molecule has 0 spiro atoms. The normalized spacial score (nSPS) is 11.1.